The van der Waals surface area contributed by atoms with E-state index in [9.17, 15) is 33.6 Å². The predicted octanol–water partition coefficient (Wildman–Crippen LogP) is 4.96. The Bertz CT molecular complexity index is 1770. The third kappa shape index (κ3) is 18.9. The fourth-order valence-corrected chi connectivity index (χ4v) is 11.1. The van der Waals surface area contributed by atoms with Gasteiger partial charge in [-0.05, 0) is 55.7 Å². The number of esters is 3. The summed E-state index contributed by atoms with van der Waals surface area (Å²) in [7, 11) is -2.12. The van der Waals surface area contributed by atoms with Gasteiger partial charge in [0.05, 0.1) is 25.4 Å². The quantitative estimate of drug-likeness (QED) is 0.0254. The van der Waals surface area contributed by atoms with Crippen LogP contribution in [0.2, 0.25) is 0 Å². The van der Waals surface area contributed by atoms with Crippen LogP contribution in [-0.2, 0) is 47.8 Å². The zero-order chi connectivity index (χ0) is 47.0. The molecule has 0 bridgehead atoms. The lowest BCUT2D eigenvalue weighted by Crippen LogP contribution is -2.59. The molecule has 0 aliphatic heterocycles. The summed E-state index contributed by atoms with van der Waals surface area (Å²) in [5, 5.41) is 13.5. The zero-order valence-electron chi connectivity index (χ0n) is 34.6. The van der Waals surface area contributed by atoms with Gasteiger partial charge in [0, 0.05) is 26.1 Å². The van der Waals surface area contributed by atoms with Crippen molar-refractivity contribution < 1.29 is 47.8 Å². The van der Waals surface area contributed by atoms with Gasteiger partial charge in [-0.1, -0.05) is 124 Å². The largest absolute Gasteiger partial charge is 0.463 e. The van der Waals surface area contributed by atoms with E-state index in [1.54, 1.807) is 0 Å². The monoisotopic (exact) mass is 1020 g/mol. The topological polar surface area (TPSA) is 195 Å². The number of unbranched alkanes of at least 4 members (excludes halogenated alkanes) is 2. The third-order valence-corrected chi connectivity index (χ3v) is 15.1. The van der Waals surface area contributed by atoms with Crippen LogP contribution in [0.4, 0.5) is 0 Å². The van der Waals surface area contributed by atoms with Crippen molar-refractivity contribution in [1.29, 1.82) is 0 Å². The second-order valence-corrected chi connectivity index (χ2v) is 21.1. The first-order valence-electron chi connectivity index (χ1n) is 20.1. The van der Waals surface area contributed by atoms with Gasteiger partial charge in [0.1, 0.15) is 48.5 Å². The Kier molecular flexibility index (Phi) is 24.6. The minimum atomic E-state index is -2.12. The number of benzene rings is 3. The van der Waals surface area contributed by atoms with E-state index in [1.165, 1.54) is 15.9 Å². The molecule has 0 fully saturated rings. The Morgan fingerprint density at radius 2 is 0.797 bits per heavy atom. The van der Waals surface area contributed by atoms with Crippen LogP contribution in [0.3, 0.4) is 0 Å². The van der Waals surface area contributed by atoms with Crippen molar-refractivity contribution in [3.63, 3.8) is 0 Å². The first kappa shape index (κ1) is 54.5. The van der Waals surface area contributed by atoms with Crippen LogP contribution in [0.25, 0.3) is 0 Å². The highest BCUT2D eigenvalue weighted by Gasteiger charge is 2.44. The zero-order valence-corrected chi connectivity index (χ0v) is 40.0. The molecule has 3 aromatic rings. The summed E-state index contributed by atoms with van der Waals surface area (Å²) in [4.78, 5) is 83.6. The van der Waals surface area contributed by atoms with Gasteiger partial charge in [-0.25, -0.2) is 0 Å². The van der Waals surface area contributed by atoms with Crippen molar-refractivity contribution in [2.45, 2.75) is 65.0 Å². The molecule has 3 rings (SSSR count). The lowest BCUT2D eigenvalue weighted by Gasteiger charge is -2.33. The van der Waals surface area contributed by atoms with Crippen LogP contribution >= 0.6 is 76.9 Å². The number of carbonyl (C=O) groups excluding carboxylic acids is 7. The van der Waals surface area contributed by atoms with Crippen molar-refractivity contribution in [3.8, 4) is 0 Å². The molecule has 0 spiro atoms. The molecule has 4 N–H and O–H groups in total. The number of ether oxygens (including phenoxy) is 3. The molecule has 14 nitrogen and oxygen atoms in total. The van der Waals surface area contributed by atoms with Gasteiger partial charge in [-0.3, -0.25) is 33.6 Å². The maximum absolute atomic E-state index is 13.8. The number of hydrogen-bond acceptors (Lipinski definition) is 10. The minimum Gasteiger partial charge on any atom is -0.463 e. The second kappa shape index (κ2) is 28.9. The molecule has 0 saturated carbocycles. The first-order chi connectivity index (χ1) is 30.6. The Morgan fingerprint density at radius 1 is 0.469 bits per heavy atom. The van der Waals surface area contributed by atoms with Crippen molar-refractivity contribution in [2.24, 2.45) is 0 Å². The molecule has 3 aromatic carbocycles. The Balaban J connectivity index is 1.81. The van der Waals surface area contributed by atoms with E-state index < -0.39 is 88.7 Å². The van der Waals surface area contributed by atoms with E-state index >= 15 is 0 Å². The summed E-state index contributed by atoms with van der Waals surface area (Å²) < 4.78 is 16.4. The van der Waals surface area contributed by atoms with Gasteiger partial charge in [-0.15, -0.1) is 0 Å². The van der Waals surface area contributed by atoms with Crippen LogP contribution in [0, 0.1) is 0 Å². The highest BCUT2D eigenvalue weighted by Crippen LogP contribution is 2.56. The van der Waals surface area contributed by atoms with Gasteiger partial charge in [0.15, 0.2) is 14.5 Å². The summed E-state index contributed by atoms with van der Waals surface area (Å²) in [6.07, 6.45) is 1.62. The van der Waals surface area contributed by atoms with Gasteiger partial charge in [0.2, 0.25) is 5.91 Å². The number of carbonyl (C=O) groups is 7. The summed E-state index contributed by atoms with van der Waals surface area (Å²) in [6.45, 7) is -2.58. The summed E-state index contributed by atoms with van der Waals surface area (Å²) in [5.74, 6) is -5.30. The molecule has 0 aliphatic carbocycles. The molecule has 0 atom stereocenters. The van der Waals surface area contributed by atoms with Crippen LogP contribution in [0.5, 0.6) is 0 Å². The summed E-state index contributed by atoms with van der Waals surface area (Å²) in [5.41, 5.74) is -1.84. The van der Waals surface area contributed by atoms with Crippen molar-refractivity contribution >= 4 is 134 Å². The SMILES string of the molecule is O=C(CCCCC[P+](c1ccccc1)(c1ccccc1)c1ccccc1)NC(COC(=O)CCNC(=O)C(Cl)Cl)(COC(=O)CCNC(=O)C(Cl)Cl)COC(=O)CCNC(=O)C(Cl)Cl. The fourth-order valence-electron chi connectivity index (χ4n) is 6.25. The molecule has 0 unspecified atom stereocenters. The maximum Gasteiger partial charge on any atom is 0.307 e. The third-order valence-electron chi connectivity index (χ3n) is 9.40. The lowest BCUT2D eigenvalue weighted by molar-refractivity contribution is -0.159. The molecule has 4 amide bonds. The van der Waals surface area contributed by atoms with E-state index in [2.05, 4.69) is 57.7 Å². The van der Waals surface area contributed by atoms with Gasteiger partial charge in [0.25, 0.3) is 17.7 Å². The number of nitrogens with one attached hydrogen (secondary N) is 4. The fraction of sp³-hybridized carbons (Fsp3) is 0.419. The molecule has 0 aromatic heterocycles. The Morgan fingerprint density at radius 3 is 1.11 bits per heavy atom. The van der Waals surface area contributed by atoms with Crippen LogP contribution in [0.1, 0.15) is 44.9 Å². The van der Waals surface area contributed by atoms with Gasteiger partial charge < -0.3 is 35.5 Å². The Hall–Kier alpha value is -3.88. The Labute approximate surface area is 402 Å². The second-order valence-electron chi connectivity index (χ2n) is 14.2. The maximum atomic E-state index is 13.8. The van der Waals surface area contributed by atoms with Gasteiger partial charge >= 0.3 is 17.9 Å². The van der Waals surface area contributed by atoms with Crippen molar-refractivity contribution in [2.75, 3.05) is 45.6 Å². The number of amides is 4. The molecular weight excluding hydrogens is 976 g/mol. The summed E-state index contributed by atoms with van der Waals surface area (Å²) >= 11 is 33.3. The lowest BCUT2D eigenvalue weighted by atomic mass is 10.0. The van der Waals surface area contributed by atoms with E-state index in [1.807, 2.05) is 54.6 Å². The standard InChI is InChI=1S/C43H49Cl6N4O10P/c44-37(45)40(58)50-23-20-34(55)61-27-43(28-62-35(56)21-24-51-41(59)38(46)47,29-63-36(57)22-25-52-42(60)39(48)49)53-33(54)19-11-4-12-26-64(30-13-5-1-6-14-30,31-15-7-2-8-16-31)32-17-9-3-10-18-32/h1-3,5-10,13-18,37-39H,4,11-12,19-29H2,(H3-,50,51,52,53,54,58,59,60)/p+1. The number of hydrogen-bond donors (Lipinski definition) is 4. The summed E-state index contributed by atoms with van der Waals surface area (Å²) in [6, 6.07) is 31.2. The normalized spacial score (nSPS) is 11.5. The first-order valence-corrected chi connectivity index (χ1v) is 24.7. The number of alkyl halides is 6. The smallest absolute Gasteiger partial charge is 0.307 e. The van der Waals surface area contributed by atoms with Crippen molar-refractivity contribution in [3.05, 3.63) is 91.0 Å². The predicted molar refractivity (Wildman–Crippen MR) is 252 cm³/mol. The van der Waals surface area contributed by atoms with Crippen LogP contribution in [-0.4, -0.2) is 107 Å². The molecule has 0 radical (unpaired) electrons. The van der Waals surface area contributed by atoms with Crippen molar-refractivity contribution in [1.82, 2.24) is 21.3 Å². The van der Waals surface area contributed by atoms with E-state index in [4.69, 9.17) is 83.8 Å². The average molecular weight is 1030 g/mol. The molecular formula is C43H50Cl6N4O10P+. The number of rotatable bonds is 28. The van der Waals surface area contributed by atoms with E-state index in [0.29, 0.717) is 12.8 Å². The van der Waals surface area contributed by atoms with Crippen LogP contribution < -0.4 is 37.2 Å². The molecule has 64 heavy (non-hydrogen) atoms. The highest BCUT2D eigenvalue weighted by atomic mass is 35.5. The molecule has 21 heteroatoms. The molecule has 0 aliphatic rings. The molecule has 0 heterocycles. The van der Waals surface area contributed by atoms with Crippen LogP contribution in [0.15, 0.2) is 91.0 Å². The van der Waals surface area contributed by atoms with E-state index in [-0.39, 0.29) is 45.3 Å². The van der Waals surface area contributed by atoms with E-state index in [0.717, 1.165) is 12.6 Å². The number of halogens is 6. The molecule has 0 saturated heterocycles. The highest BCUT2D eigenvalue weighted by molar-refractivity contribution is 7.95. The van der Waals surface area contributed by atoms with Gasteiger partial charge in [-0.2, -0.15) is 0 Å². The molecule has 348 valence electrons. The minimum absolute atomic E-state index is 0.0107. The average Bonchev–Trinajstić information content (AvgIpc) is 3.28.